The molecule has 0 bridgehead atoms. The maximum Gasteiger partial charge on any atom is 0.264 e. The lowest BCUT2D eigenvalue weighted by Crippen LogP contribution is -2.46. The maximum atomic E-state index is 15.6. The van der Waals surface area contributed by atoms with Crippen LogP contribution >= 0.6 is 0 Å². The number of nitrogen functional groups attached to an aromatic ring is 1. The van der Waals surface area contributed by atoms with E-state index in [0.717, 1.165) is 38.8 Å². The number of rotatable bonds is 8. The van der Waals surface area contributed by atoms with Gasteiger partial charge in [0.2, 0.25) is 0 Å². The summed E-state index contributed by atoms with van der Waals surface area (Å²) in [7, 11) is 0. The number of carbonyl (C=O) groups is 1. The average Bonchev–Trinajstić information content (AvgIpc) is 3.66. The monoisotopic (exact) mass is 608 g/mol. The summed E-state index contributed by atoms with van der Waals surface area (Å²) in [5.41, 5.74) is 7.01. The molecule has 4 aromatic rings. The number of amides is 1. The van der Waals surface area contributed by atoms with Crippen LogP contribution in [0, 0.1) is 17.1 Å². The Hall–Kier alpha value is -4.82. The van der Waals surface area contributed by atoms with Crippen LogP contribution in [0.15, 0.2) is 66.5 Å². The standard InChI is InChI=1S/C34H37FN8O2/c1-34(2,41-15-7-4-8-16-41)19-23(20-36)33(44)42-17-9-10-24(42)21-43-32-29(31(37)38-22-39-32)30(40-43)27-14-13-26(18-28(27)35)45-25-11-5-3-6-12-25/h3,5-6,11-14,18-19,22,24H,4,7-10,15-17,21H2,1-2H3,(H2,37,38,39). The highest BCUT2D eigenvalue weighted by Crippen LogP contribution is 2.35. The third kappa shape index (κ3) is 6.24. The molecule has 2 fully saturated rings. The fourth-order valence-corrected chi connectivity index (χ4v) is 6.43. The van der Waals surface area contributed by atoms with E-state index >= 15 is 4.39 Å². The molecule has 232 valence electrons. The third-order valence-electron chi connectivity index (χ3n) is 8.77. The largest absolute Gasteiger partial charge is 0.457 e. The van der Waals surface area contributed by atoms with Gasteiger partial charge in [-0.25, -0.2) is 19.0 Å². The molecule has 1 amide bonds. The van der Waals surface area contributed by atoms with Gasteiger partial charge in [0, 0.05) is 23.7 Å². The highest BCUT2D eigenvalue weighted by atomic mass is 19.1. The lowest BCUT2D eigenvalue weighted by Gasteiger charge is -2.39. The number of hydrogen-bond donors (Lipinski definition) is 1. The van der Waals surface area contributed by atoms with Gasteiger partial charge in [-0.15, -0.1) is 0 Å². The molecule has 0 radical (unpaired) electrons. The van der Waals surface area contributed by atoms with Crippen LogP contribution in [0.1, 0.15) is 46.0 Å². The number of benzene rings is 2. The van der Waals surface area contributed by atoms with Crippen LogP contribution < -0.4 is 10.5 Å². The molecule has 1 atom stereocenters. The lowest BCUT2D eigenvalue weighted by molar-refractivity contribution is -0.127. The summed E-state index contributed by atoms with van der Waals surface area (Å²) in [5.74, 6) is 0.309. The highest BCUT2D eigenvalue weighted by molar-refractivity contribution is 5.99. The molecule has 0 saturated carbocycles. The summed E-state index contributed by atoms with van der Waals surface area (Å²) in [6.07, 6.45) is 8.14. The molecular formula is C34H37FN8O2. The molecule has 11 heteroatoms. The molecule has 2 aliphatic rings. The van der Waals surface area contributed by atoms with Gasteiger partial charge >= 0.3 is 0 Å². The summed E-state index contributed by atoms with van der Waals surface area (Å²) >= 11 is 0. The first-order valence-electron chi connectivity index (χ1n) is 15.4. The number of halogens is 1. The van der Waals surface area contributed by atoms with Gasteiger partial charge in [-0.05, 0) is 83.0 Å². The molecule has 1 unspecified atom stereocenters. The first-order valence-corrected chi connectivity index (χ1v) is 15.4. The number of ether oxygens (including phenoxy) is 1. The molecule has 0 spiro atoms. The number of fused-ring (bicyclic) bond motifs is 1. The Labute approximate surface area is 261 Å². The number of para-hydroxylation sites is 1. The number of nitrogens with zero attached hydrogens (tertiary/aromatic N) is 7. The average molecular weight is 609 g/mol. The number of anilines is 1. The van der Waals surface area contributed by atoms with E-state index < -0.39 is 11.4 Å². The number of piperidine rings is 1. The van der Waals surface area contributed by atoms with E-state index in [2.05, 4.69) is 34.8 Å². The van der Waals surface area contributed by atoms with E-state index in [1.165, 1.54) is 18.8 Å². The molecule has 2 aliphatic heterocycles. The van der Waals surface area contributed by atoms with Gasteiger partial charge in [-0.1, -0.05) is 24.6 Å². The van der Waals surface area contributed by atoms with Crippen molar-refractivity contribution in [3.05, 3.63) is 72.3 Å². The number of aromatic nitrogens is 4. The SMILES string of the molecule is CC(C)(C=C(C#N)C(=O)N1CCCC1Cn1nc(-c2ccc(Oc3ccccc3)cc2F)c2c(N)ncnc21)N1CCCCC1. The van der Waals surface area contributed by atoms with Gasteiger partial charge in [0.1, 0.15) is 46.8 Å². The fraction of sp³-hybridized carbons (Fsp3) is 0.382. The number of nitriles is 1. The van der Waals surface area contributed by atoms with Crippen molar-refractivity contribution in [3.63, 3.8) is 0 Å². The minimum absolute atomic E-state index is 0.148. The van der Waals surface area contributed by atoms with Crippen LogP contribution in [-0.4, -0.2) is 66.7 Å². The van der Waals surface area contributed by atoms with E-state index in [4.69, 9.17) is 15.6 Å². The molecule has 0 aliphatic carbocycles. The minimum atomic E-state index is -0.531. The molecule has 45 heavy (non-hydrogen) atoms. The van der Waals surface area contributed by atoms with Gasteiger partial charge in [0.05, 0.1) is 18.0 Å². The summed E-state index contributed by atoms with van der Waals surface area (Å²) in [4.78, 5) is 26.5. The summed E-state index contributed by atoms with van der Waals surface area (Å²) < 4.78 is 23.0. The van der Waals surface area contributed by atoms with E-state index in [1.807, 2.05) is 24.3 Å². The zero-order valence-electron chi connectivity index (χ0n) is 25.6. The molecule has 10 nitrogen and oxygen atoms in total. The number of hydrogen-bond acceptors (Lipinski definition) is 8. The molecule has 2 aromatic heterocycles. The van der Waals surface area contributed by atoms with E-state index in [-0.39, 0.29) is 28.9 Å². The topological polar surface area (TPSA) is 126 Å². The smallest absolute Gasteiger partial charge is 0.264 e. The summed E-state index contributed by atoms with van der Waals surface area (Å²) in [5, 5.41) is 15.2. The predicted octanol–water partition coefficient (Wildman–Crippen LogP) is 5.71. The Morgan fingerprint density at radius 1 is 1.09 bits per heavy atom. The Bertz CT molecular complexity index is 1770. The van der Waals surface area contributed by atoms with Gasteiger partial charge in [0.15, 0.2) is 5.65 Å². The van der Waals surface area contributed by atoms with Crippen LogP contribution in [0.2, 0.25) is 0 Å². The Kier molecular flexibility index (Phi) is 8.50. The first-order chi connectivity index (χ1) is 21.7. The normalized spacial score (nSPS) is 17.9. The molecule has 6 rings (SSSR count). The Morgan fingerprint density at radius 3 is 2.60 bits per heavy atom. The number of carbonyl (C=O) groups excluding carboxylic acids is 1. The van der Waals surface area contributed by atoms with Crippen molar-refractivity contribution in [1.29, 1.82) is 5.26 Å². The molecule has 4 heterocycles. The zero-order valence-corrected chi connectivity index (χ0v) is 25.6. The summed E-state index contributed by atoms with van der Waals surface area (Å²) in [6, 6.07) is 15.7. The van der Waals surface area contributed by atoms with Crippen LogP contribution in [0.5, 0.6) is 11.5 Å². The van der Waals surface area contributed by atoms with Crippen molar-refractivity contribution in [2.45, 2.75) is 64.1 Å². The molecule has 2 aromatic carbocycles. The van der Waals surface area contributed by atoms with Crippen molar-refractivity contribution in [2.24, 2.45) is 0 Å². The second kappa shape index (κ2) is 12.7. The second-order valence-electron chi connectivity index (χ2n) is 12.2. The van der Waals surface area contributed by atoms with Crippen LogP contribution in [-0.2, 0) is 11.3 Å². The quantitative estimate of drug-likeness (QED) is 0.199. The third-order valence-corrected chi connectivity index (χ3v) is 8.77. The van der Waals surface area contributed by atoms with Gasteiger partial charge < -0.3 is 15.4 Å². The fourth-order valence-electron chi connectivity index (χ4n) is 6.43. The number of nitrogens with two attached hydrogens (primary N) is 1. The van der Waals surface area contributed by atoms with Gasteiger partial charge in [-0.3, -0.25) is 9.69 Å². The predicted molar refractivity (Wildman–Crippen MR) is 170 cm³/mol. The molecule has 2 saturated heterocycles. The maximum absolute atomic E-state index is 15.6. The van der Waals surface area contributed by atoms with Crippen molar-refractivity contribution in [2.75, 3.05) is 25.4 Å². The molecular weight excluding hydrogens is 571 g/mol. The van der Waals surface area contributed by atoms with Crippen molar-refractivity contribution in [3.8, 4) is 28.8 Å². The Morgan fingerprint density at radius 2 is 1.87 bits per heavy atom. The second-order valence-corrected chi connectivity index (χ2v) is 12.2. The number of likely N-dealkylation sites (tertiary alicyclic amines) is 2. The van der Waals surface area contributed by atoms with E-state index in [0.29, 0.717) is 41.3 Å². The Balaban J connectivity index is 1.28. The van der Waals surface area contributed by atoms with Crippen LogP contribution in [0.4, 0.5) is 10.2 Å². The summed E-state index contributed by atoms with van der Waals surface area (Å²) in [6.45, 7) is 6.87. The van der Waals surface area contributed by atoms with Crippen molar-refractivity contribution < 1.29 is 13.9 Å². The lowest BCUT2D eigenvalue weighted by atomic mass is 9.95. The van der Waals surface area contributed by atoms with Gasteiger partial charge in [0.25, 0.3) is 5.91 Å². The van der Waals surface area contributed by atoms with Crippen LogP contribution in [0.3, 0.4) is 0 Å². The van der Waals surface area contributed by atoms with E-state index in [9.17, 15) is 10.1 Å². The van der Waals surface area contributed by atoms with Crippen molar-refractivity contribution in [1.82, 2.24) is 29.5 Å². The minimum Gasteiger partial charge on any atom is -0.457 e. The van der Waals surface area contributed by atoms with Crippen LogP contribution in [0.25, 0.3) is 22.3 Å². The first kappa shape index (κ1) is 30.2. The van der Waals surface area contributed by atoms with Gasteiger partial charge in [-0.2, -0.15) is 10.4 Å². The van der Waals surface area contributed by atoms with Crippen molar-refractivity contribution >= 4 is 22.8 Å². The highest BCUT2D eigenvalue weighted by Gasteiger charge is 2.34. The molecule has 2 N–H and O–H groups in total. The zero-order chi connectivity index (χ0) is 31.6. The van der Waals surface area contributed by atoms with E-state index in [1.54, 1.807) is 33.8 Å².